The average Bonchev–Trinajstić information content (AvgIpc) is 3.91. The first-order valence-corrected chi connectivity index (χ1v) is 28.0. The third-order valence-corrected chi connectivity index (χ3v) is 15.3. The van der Waals surface area contributed by atoms with Gasteiger partial charge in [0.1, 0.15) is 24.7 Å². The number of hydrogen-bond donors (Lipinski definition) is 8. The van der Waals surface area contributed by atoms with Crippen molar-refractivity contribution in [3.8, 4) is 0 Å². The van der Waals surface area contributed by atoms with Gasteiger partial charge in [0.2, 0.25) is 35.4 Å². The van der Waals surface area contributed by atoms with Gasteiger partial charge < -0.3 is 67.2 Å². The molecule has 3 unspecified atom stereocenters. The third-order valence-electron chi connectivity index (χ3n) is 15.3. The lowest BCUT2D eigenvalue weighted by Gasteiger charge is -2.41. The molecule has 1 aliphatic heterocycles. The molecule has 9 amide bonds. The van der Waals surface area contributed by atoms with Crippen molar-refractivity contribution in [3.05, 3.63) is 65.7 Å². The minimum atomic E-state index is -1.05. The maximum atomic E-state index is 14.7. The van der Waals surface area contributed by atoms with Gasteiger partial charge in [-0.2, -0.15) is 0 Å². The lowest BCUT2D eigenvalue weighted by molar-refractivity contribution is -0.148. The highest BCUT2D eigenvalue weighted by Gasteiger charge is 2.44. The van der Waals surface area contributed by atoms with Crippen LogP contribution >= 0.6 is 0 Å². The maximum absolute atomic E-state index is 14.7. The number of likely N-dealkylation sites (N-methyl/N-ethyl adjacent to an activating group) is 2. The Bertz CT molecular complexity index is 2320. The molecule has 1 fully saturated rings. The Balaban J connectivity index is 1.70. The standard InChI is InChI=1S/C58H94N10O12/c1-15-36(8)49(44(78-13)31-45(69)68-30-20-24-43(68)51(79-14)37(9)52(71)62-38(10)50(70)40-21-17-16-18-22-40)66(11)56(75)47(34(4)5)65-55(74)48(35(6)7)67(12)58(77)80-32-39-25-27-41(28-26-39)63-53(72)42(23-19-29-61-57(60)76)64-54(73)46(59)33(2)3/h16-18,21-22,25-28,33-38,42-44,46-51,70H,15,19-20,23-24,29-32,59H2,1-14H3,(H,62,71)(H,63,72)(H,64,73)(H,65,74)(H3,60,61,76)/t36?,37-,38-,42+,43+,44?,46?,47+,48+,49+,50-,51-/m1/s1. The van der Waals surface area contributed by atoms with Gasteiger partial charge >= 0.3 is 12.1 Å². The Hall–Kier alpha value is -6.36. The van der Waals surface area contributed by atoms with Crippen molar-refractivity contribution in [2.45, 2.75) is 175 Å². The molecule has 12 atom stereocenters. The number of benzene rings is 2. The van der Waals surface area contributed by atoms with Gasteiger partial charge in [-0.3, -0.25) is 33.7 Å². The number of aliphatic hydroxyl groups is 1. The molecule has 448 valence electrons. The fraction of sp³-hybridized carbons (Fsp3) is 0.655. The van der Waals surface area contributed by atoms with Crippen molar-refractivity contribution in [2.24, 2.45) is 41.1 Å². The summed E-state index contributed by atoms with van der Waals surface area (Å²) in [7, 11) is 6.12. The Morgan fingerprint density at radius 3 is 1.96 bits per heavy atom. The van der Waals surface area contributed by atoms with Gasteiger partial charge in [-0.05, 0) is 79.5 Å². The van der Waals surface area contributed by atoms with Crippen molar-refractivity contribution in [1.29, 1.82) is 0 Å². The highest BCUT2D eigenvalue weighted by molar-refractivity contribution is 5.98. The number of nitrogens with two attached hydrogens (primary N) is 2. The van der Waals surface area contributed by atoms with Crippen molar-refractivity contribution in [2.75, 3.05) is 46.7 Å². The number of hydrogen-bond acceptors (Lipinski definition) is 13. The van der Waals surface area contributed by atoms with Gasteiger partial charge in [0, 0.05) is 47.1 Å². The van der Waals surface area contributed by atoms with Crippen LogP contribution in [-0.4, -0.2) is 163 Å². The van der Waals surface area contributed by atoms with Crippen LogP contribution < -0.4 is 38.1 Å². The number of urea groups is 1. The molecule has 0 radical (unpaired) electrons. The van der Waals surface area contributed by atoms with Crippen molar-refractivity contribution < 1.29 is 57.7 Å². The molecule has 10 N–H and O–H groups in total. The largest absolute Gasteiger partial charge is 0.445 e. The summed E-state index contributed by atoms with van der Waals surface area (Å²) in [5.41, 5.74) is 12.8. The van der Waals surface area contributed by atoms with Crippen molar-refractivity contribution in [3.63, 3.8) is 0 Å². The van der Waals surface area contributed by atoms with E-state index in [0.717, 1.165) is 0 Å². The molecule has 0 saturated carbocycles. The number of nitrogens with one attached hydrogen (secondary N) is 5. The molecule has 3 rings (SSSR count). The van der Waals surface area contributed by atoms with Crippen LogP contribution in [0.1, 0.15) is 125 Å². The van der Waals surface area contributed by atoms with Crippen LogP contribution in [0.5, 0.6) is 0 Å². The summed E-state index contributed by atoms with van der Waals surface area (Å²) in [5, 5.41) is 24.8. The molecule has 0 aromatic heterocycles. The van der Waals surface area contributed by atoms with Crippen LogP contribution in [0.4, 0.5) is 15.3 Å². The average molecular weight is 1120 g/mol. The predicted molar refractivity (Wildman–Crippen MR) is 305 cm³/mol. The normalized spacial score (nSPS) is 17.6. The minimum Gasteiger partial charge on any atom is -0.445 e. The van der Waals surface area contributed by atoms with Gasteiger partial charge in [0.25, 0.3) is 0 Å². The number of primary amides is 1. The van der Waals surface area contributed by atoms with Gasteiger partial charge in [0.15, 0.2) is 0 Å². The Kier molecular flexibility index (Phi) is 27.8. The van der Waals surface area contributed by atoms with Crippen LogP contribution in [-0.2, 0) is 49.6 Å². The summed E-state index contributed by atoms with van der Waals surface area (Å²) in [6.45, 7) is 18.7. The molecule has 0 bridgehead atoms. The van der Waals surface area contributed by atoms with Gasteiger partial charge in [-0.1, -0.05) is 111 Å². The fourth-order valence-electron chi connectivity index (χ4n) is 10.2. The highest BCUT2D eigenvalue weighted by Crippen LogP contribution is 2.30. The summed E-state index contributed by atoms with van der Waals surface area (Å²) in [5.74, 6) is -4.32. The summed E-state index contributed by atoms with van der Waals surface area (Å²) in [6, 6.07) is 9.37. The number of anilines is 1. The quantitative estimate of drug-likeness (QED) is 0.0485. The molecule has 1 heterocycles. The predicted octanol–water partition coefficient (Wildman–Crippen LogP) is 4.43. The van der Waals surface area contributed by atoms with Crippen molar-refractivity contribution in [1.82, 2.24) is 36.0 Å². The lowest BCUT2D eigenvalue weighted by Crippen LogP contribution is -2.60. The van der Waals surface area contributed by atoms with Crippen molar-refractivity contribution >= 4 is 53.3 Å². The number of carbonyl (C=O) groups excluding carboxylic acids is 8. The molecule has 1 saturated heterocycles. The van der Waals surface area contributed by atoms with E-state index in [9.17, 15) is 43.5 Å². The monoisotopic (exact) mass is 1120 g/mol. The third kappa shape index (κ3) is 19.4. The van der Waals surface area contributed by atoms with E-state index in [2.05, 4.69) is 26.6 Å². The van der Waals surface area contributed by atoms with E-state index in [1.54, 1.807) is 94.8 Å². The maximum Gasteiger partial charge on any atom is 0.410 e. The molecular formula is C58H94N10O12. The van der Waals surface area contributed by atoms with Gasteiger partial charge in [0.05, 0.1) is 54.8 Å². The molecule has 80 heavy (non-hydrogen) atoms. The second-order valence-corrected chi connectivity index (χ2v) is 22.3. The van der Waals surface area contributed by atoms with E-state index in [1.165, 1.54) is 26.2 Å². The number of aliphatic hydroxyl groups excluding tert-OH is 1. The van der Waals surface area contributed by atoms with Crippen LogP contribution in [0.3, 0.4) is 0 Å². The van der Waals surface area contributed by atoms with Gasteiger partial charge in [-0.25, -0.2) is 9.59 Å². The summed E-state index contributed by atoms with van der Waals surface area (Å²) in [6.07, 6.45) is -0.736. The number of amides is 9. The summed E-state index contributed by atoms with van der Waals surface area (Å²) < 4.78 is 17.7. The topological polar surface area (TPSA) is 306 Å². The lowest BCUT2D eigenvalue weighted by atomic mass is 9.89. The number of likely N-dealkylation sites (tertiary alicyclic amines) is 1. The van der Waals surface area contributed by atoms with E-state index >= 15 is 0 Å². The zero-order valence-corrected chi connectivity index (χ0v) is 49.7. The molecule has 22 heteroatoms. The van der Waals surface area contributed by atoms with E-state index in [1.807, 2.05) is 45.9 Å². The molecule has 2 aromatic rings. The first kappa shape index (κ1) is 67.9. The van der Waals surface area contributed by atoms with E-state index in [-0.39, 0.29) is 49.6 Å². The van der Waals surface area contributed by atoms with E-state index in [4.69, 9.17) is 25.7 Å². The minimum absolute atomic E-state index is 0.0747. The summed E-state index contributed by atoms with van der Waals surface area (Å²) >= 11 is 0. The zero-order valence-electron chi connectivity index (χ0n) is 49.7. The molecule has 0 aliphatic carbocycles. The molecule has 22 nitrogen and oxygen atoms in total. The number of ether oxygens (including phenoxy) is 3. The Morgan fingerprint density at radius 1 is 0.775 bits per heavy atom. The molecule has 1 aliphatic rings. The van der Waals surface area contributed by atoms with E-state index < -0.39 is 114 Å². The smallest absolute Gasteiger partial charge is 0.410 e. The highest BCUT2D eigenvalue weighted by atomic mass is 16.6. The first-order valence-electron chi connectivity index (χ1n) is 28.0. The van der Waals surface area contributed by atoms with Crippen LogP contribution in [0.15, 0.2) is 54.6 Å². The first-order chi connectivity index (χ1) is 37.7. The SMILES string of the molecule is CCC(C)[C@@H](C(CC(=O)N1CCC[C@H]1[C@H](OC)[C@@H](C)C(=O)N[C@H](C)[C@@H](O)c1ccccc1)OC)N(C)C(=O)[C@@H](NC(=O)[C@H](C(C)C)N(C)C(=O)OCc1ccc(NC(=O)[C@H](CCCNC(N)=O)NC(=O)C(N)C(C)C)cc1)C(C)C. The molecular weight excluding hydrogens is 1030 g/mol. The number of rotatable bonds is 31. The molecule has 0 spiro atoms. The van der Waals surface area contributed by atoms with Crippen LogP contribution in [0, 0.1) is 29.6 Å². The fourth-order valence-corrected chi connectivity index (χ4v) is 10.2. The molecule has 2 aromatic carbocycles. The second kappa shape index (κ2) is 32.8. The number of methoxy groups -OCH3 is 2. The zero-order chi connectivity index (χ0) is 60.1. The van der Waals surface area contributed by atoms with Crippen LogP contribution in [0.2, 0.25) is 0 Å². The number of carbonyl (C=O) groups is 8. The Labute approximate surface area is 473 Å². The number of nitrogens with zero attached hydrogens (tertiary/aromatic N) is 3. The van der Waals surface area contributed by atoms with E-state index in [0.29, 0.717) is 49.0 Å². The summed E-state index contributed by atoms with van der Waals surface area (Å²) in [4.78, 5) is 112. The second-order valence-electron chi connectivity index (χ2n) is 22.3. The van der Waals surface area contributed by atoms with Gasteiger partial charge in [-0.15, -0.1) is 0 Å². The Morgan fingerprint density at radius 2 is 1.41 bits per heavy atom. The van der Waals surface area contributed by atoms with Crippen LogP contribution in [0.25, 0.3) is 0 Å².